The van der Waals surface area contributed by atoms with Crippen LogP contribution in [0.1, 0.15) is 72.1 Å². The number of ketones is 1. The first-order valence-corrected chi connectivity index (χ1v) is 11.7. The minimum Gasteiger partial charge on any atom is -0.370 e. The van der Waals surface area contributed by atoms with Gasteiger partial charge in [0, 0.05) is 18.3 Å². The van der Waals surface area contributed by atoms with Crippen molar-refractivity contribution >= 4 is 5.78 Å². The molecule has 0 unspecified atom stereocenters. The van der Waals surface area contributed by atoms with E-state index in [1.165, 1.54) is 38.5 Å². The Kier molecular flexibility index (Phi) is 3.68. The molecule has 0 N–H and O–H groups in total. The molecule has 0 radical (unpaired) electrons. The number of hydrogen-bond acceptors (Lipinski definition) is 4. The number of fused-ring (bicyclic) bond motifs is 5. The van der Waals surface area contributed by atoms with E-state index < -0.39 is 5.79 Å². The standard InChI is InChI=1S/C24H36O4/c1-21-8-9-24(14-28-24)12-15(21)4-5-16-17-6-7-19(23(3)26-10-11-27-23)22(17,2)13-18(25)20(16)21/h15-17,19-20H,4-14H2,1-3H3/t15-,16-,17-,19-,20+,21-,22-,24+/m0/s1. The van der Waals surface area contributed by atoms with Gasteiger partial charge in [0.1, 0.15) is 5.78 Å². The van der Waals surface area contributed by atoms with Crippen molar-refractivity contribution in [1.29, 1.82) is 0 Å². The molecule has 2 saturated heterocycles. The maximum Gasteiger partial charge on any atom is 0.169 e. The number of epoxide rings is 1. The van der Waals surface area contributed by atoms with Crippen LogP contribution >= 0.6 is 0 Å². The van der Waals surface area contributed by atoms with Gasteiger partial charge in [-0.25, -0.2) is 0 Å². The molecule has 0 bridgehead atoms. The number of Topliss-reactive ketones (excluding diaryl/α,β-unsaturated/α-hetero) is 1. The SMILES string of the molecule is CC1([C@H]2CC[C@H]3[C@@H]4CC[C@H]5C[C@]6(CC[C@]5(C)[C@H]4C(=O)C[C@]23C)CO6)OCCO1. The molecule has 8 atom stereocenters. The van der Waals surface area contributed by atoms with Crippen molar-refractivity contribution in [3.63, 3.8) is 0 Å². The molecule has 6 rings (SSSR count). The summed E-state index contributed by atoms with van der Waals surface area (Å²) in [5.74, 6) is 2.58. The summed E-state index contributed by atoms with van der Waals surface area (Å²) in [4.78, 5) is 13.8. The molecule has 6 aliphatic rings. The van der Waals surface area contributed by atoms with Gasteiger partial charge in [-0.3, -0.25) is 4.79 Å². The van der Waals surface area contributed by atoms with Crippen LogP contribution in [0, 0.1) is 40.4 Å². The summed E-state index contributed by atoms with van der Waals surface area (Å²) in [5, 5.41) is 0. The lowest BCUT2D eigenvalue weighted by molar-refractivity contribution is -0.216. The van der Waals surface area contributed by atoms with Crippen molar-refractivity contribution < 1.29 is 19.0 Å². The number of rotatable bonds is 1. The van der Waals surface area contributed by atoms with Crippen molar-refractivity contribution in [2.45, 2.75) is 83.5 Å². The number of ether oxygens (including phenoxy) is 3. The molecule has 4 saturated carbocycles. The summed E-state index contributed by atoms with van der Waals surface area (Å²) >= 11 is 0. The van der Waals surface area contributed by atoms with Crippen LogP contribution in [0.15, 0.2) is 0 Å². The molecule has 2 heterocycles. The van der Waals surface area contributed by atoms with Crippen molar-refractivity contribution in [3.05, 3.63) is 0 Å². The Labute approximate surface area is 169 Å². The van der Waals surface area contributed by atoms with Crippen molar-refractivity contribution in [3.8, 4) is 0 Å². The zero-order valence-corrected chi connectivity index (χ0v) is 17.8. The summed E-state index contributed by atoms with van der Waals surface area (Å²) in [6.07, 6.45) is 9.19. The second-order valence-electron chi connectivity index (χ2n) is 11.7. The van der Waals surface area contributed by atoms with Crippen LogP contribution in [0.25, 0.3) is 0 Å². The Morgan fingerprint density at radius 2 is 1.64 bits per heavy atom. The zero-order valence-electron chi connectivity index (χ0n) is 17.8. The van der Waals surface area contributed by atoms with E-state index in [0.717, 1.165) is 19.4 Å². The smallest absolute Gasteiger partial charge is 0.169 e. The molecule has 0 amide bonds. The summed E-state index contributed by atoms with van der Waals surface area (Å²) < 4.78 is 18.0. The van der Waals surface area contributed by atoms with E-state index in [-0.39, 0.29) is 22.3 Å². The van der Waals surface area contributed by atoms with Gasteiger partial charge in [0.25, 0.3) is 0 Å². The predicted molar refractivity (Wildman–Crippen MR) is 105 cm³/mol. The number of hydrogen-bond donors (Lipinski definition) is 0. The van der Waals surface area contributed by atoms with Crippen LogP contribution in [-0.4, -0.2) is 37.0 Å². The van der Waals surface area contributed by atoms with E-state index in [1.807, 2.05) is 0 Å². The summed E-state index contributed by atoms with van der Waals surface area (Å²) in [7, 11) is 0. The van der Waals surface area contributed by atoms with Crippen molar-refractivity contribution in [2.24, 2.45) is 40.4 Å². The molecule has 4 aliphatic carbocycles. The fourth-order valence-corrected chi connectivity index (χ4v) is 9.08. The predicted octanol–water partition coefficient (Wildman–Crippen LogP) is 4.36. The molecule has 4 nitrogen and oxygen atoms in total. The van der Waals surface area contributed by atoms with Gasteiger partial charge < -0.3 is 14.2 Å². The van der Waals surface area contributed by atoms with Crippen LogP contribution in [0.2, 0.25) is 0 Å². The van der Waals surface area contributed by atoms with E-state index in [0.29, 0.717) is 42.7 Å². The molecule has 0 aromatic carbocycles. The lowest BCUT2D eigenvalue weighted by Gasteiger charge is -2.60. The summed E-state index contributed by atoms with van der Waals surface area (Å²) in [6.45, 7) is 9.32. The lowest BCUT2D eigenvalue weighted by atomic mass is 9.43. The van der Waals surface area contributed by atoms with Gasteiger partial charge in [-0.05, 0) is 80.5 Å². The van der Waals surface area contributed by atoms with E-state index in [2.05, 4.69) is 20.8 Å². The van der Waals surface area contributed by atoms with Gasteiger partial charge in [-0.1, -0.05) is 13.8 Å². The molecular formula is C24H36O4. The molecule has 4 heteroatoms. The Morgan fingerprint density at radius 1 is 0.893 bits per heavy atom. The first-order chi connectivity index (χ1) is 13.3. The molecule has 0 aromatic rings. The first-order valence-electron chi connectivity index (χ1n) is 11.7. The maximum atomic E-state index is 13.8. The average molecular weight is 389 g/mol. The van der Waals surface area contributed by atoms with Crippen LogP contribution in [-0.2, 0) is 19.0 Å². The largest absolute Gasteiger partial charge is 0.370 e. The van der Waals surface area contributed by atoms with Gasteiger partial charge >= 0.3 is 0 Å². The highest BCUT2D eigenvalue weighted by Crippen LogP contribution is 2.69. The Morgan fingerprint density at radius 3 is 2.36 bits per heavy atom. The minimum absolute atomic E-state index is 0.0377. The molecule has 2 aliphatic heterocycles. The second kappa shape index (κ2) is 5.62. The Bertz CT molecular complexity index is 693. The fourth-order valence-electron chi connectivity index (χ4n) is 9.08. The van der Waals surface area contributed by atoms with Gasteiger partial charge in [-0.15, -0.1) is 0 Å². The zero-order chi connectivity index (χ0) is 19.4. The van der Waals surface area contributed by atoms with Crippen molar-refractivity contribution in [1.82, 2.24) is 0 Å². The monoisotopic (exact) mass is 388 g/mol. The number of carbonyl (C=O) groups excluding carboxylic acids is 1. The quantitative estimate of drug-likeness (QED) is 0.627. The highest BCUT2D eigenvalue weighted by Gasteiger charge is 2.67. The van der Waals surface area contributed by atoms with Crippen LogP contribution in [0.5, 0.6) is 0 Å². The van der Waals surface area contributed by atoms with Crippen molar-refractivity contribution in [2.75, 3.05) is 19.8 Å². The topological polar surface area (TPSA) is 48.1 Å². The molecule has 28 heavy (non-hydrogen) atoms. The third-order valence-corrected chi connectivity index (χ3v) is 10.5. The van der Waals surface area contributed by atoms with E-state index in [9.17, 15) is 4.79 Å². The van der Waals surface area contributed by atoms with E-state index >= 15 is 0 Å². The first kappa shape index (κ1) is 18.3. The van der Waals surface area contributed by atoms with Gasteiger partial charge in [0.15, 0.2) is 5.79 Å². The molecule has 156 valence electrons. The van der Waals surface area contributed by atoms with E-state index in [4.69, 9.17) is 14.2 Å². The third-order valence-electron chi connectivity index (χ3n) is 10.5. The summed E-state index contributed by atoms with van der Waals surface area (Å²) in [5.41, 5.74) is 0.435. The Balaban J connectivity index is 1.32. The number of carbonyl (C=O) groups is 1. The second-order valence-corrected chi connectivity index (χ2v) is 11.7. The normalized spacial score (nSPS) is 57.0. The van der Waals surface area contributed by atoms with Gasteiger partial charge in [0.2, 0.25) is 0 Å². The summed E-state index contributed by atoms with van der Waals surface area (Å²) in [6, 6.07) is 0. The van der Waals surface area contributed by atoms with Gasteiger partial charge in [-0.2, -0.15) is 0 Å². The molecule has 1 spiro atoms. The lowest BCUT2D eigenvalue weighted by Crippen LogP contribution is -2.59. The van der Waals surface area contributed by atoms with Crippen LogP contribution < -0.4 is 0 Å². The maximum absolute atomic E-state index is 13.8. The third kappa shape index (κ3) is 2.26. The molecule has 0 aromatic heterocycles. The highest BCUT2D eigenvalue weighted by molar-refractivity contribution is 5.84. The molecular weight excluding hydrogens is 352 g/mol. The molecule has 6 fully saturated rings. The van der Waals surface area contributed by atoms with E-state index in [1.54, 1.807) is 0 Å². The van der Waals surface area contributed by atoms with Gasteiger partial charge in [0.05, 0.1) is 25.4 Å². The van der Waals surface area contributed by atoms with Crippen LogP contribution in [0.4, 0.5) is 0 Å². The Hall–Kier alpha value is -0.450. The highest BCUT2D eigenvalue weighted by atomic mass is 16.7. The average Bonchev–Trinajstić information content (AvgIpc) is 3.08. The minimum atomic E-state index is -0.488. The fraction of sp³-hybridized carbons (Fsp3) is 0.958. The van der Waals surface area contributed by atoms with Crippen LogP contribution in [0.3, 0.4) is 0 Å².